The Morgan fingerprint density at radius 2 is 1.68 bits per heavy atom. The molecular formula is C13H7Br2Cl2FO. The van der Waals surface area contributed by atoms with E-state index in [2.05, 4.69) is 31.9 Å². The van der Waals surface area contributed by atoms with Gasteiger partial charge in [-0.15, -0.1) is 0 Å². The number of benzene rings is 2. The van der Waals surface area contributed by atoms with Crippen molar-refractivity contribution in [1.82, 2.24) is 0 Å². The lowest BCUT2D eigenvalue weighted by atomic mass is 10.0. The van der Waals surface area contributed by atoms with Gasteiger partial charge in [0.25, 0.3) is 0 Å². The van der Waals surface area contributed by atoms with Gasteiger partial charge in [-0.05, 0) is 45.8 Å². The highest BCUT2D eigenvalue weighted by molar-refractivity contribution is 9.10. The molecule has 0 saturated carbocycles. The van der Waals surface area contributed by atoms with E-state index in [-0.39, 0.29) is 5.56 Å². The minimum atomic E-state index is -1.13. The Labute approximate surface area is 136 Å². The molecule has 0 amide bonds. The van der Waals surface area contributed by atoms with Crippen LogP contribution in [0.3, 0.4) is 0 Å². The summed E-state index contributed by atoms with van der Waals surface area (Å²) in [6, 6.07) is 7.52. The van der Waals surface area contributed by atoms with Crippen molar-refractivity contribution in [2.45, 2.75) is 6.10 Å². The van der Waals surface area contributed by atoms with Crippen molar-refractivity contribution in [3.63, 3.8) is 0 Å². The van der Waals surface area contributed by atoms with Crippen molar-refractivity contribution >= 4 is 55.1 Å². The van der Waals surface area contributed by atoms with Gasteiger partial charge in [-0.3, -0.25) is 0 Å². The molecule has 0 aliphatic heterocycles. The van der Waals surface area contributed by atoms with Gasteiger partial charge in [0, 0.05) is 19.5 Å². The van der Waals surface area contributed by atoms with Crippen molar-refractivity contribution in [2.24, 2.45) is 0 Å². The van der Waals surface area contributed by atoms with Gasteiger partial charge in [-0.25, -0.2) is 4.39 Å². The zero-order chi connectivity index (χ0) is 14.2. The predicted octanol–water partition coefficient (Wildman–Crippen LogP) is 5.74. The third-order valence-electron chi connectivity index (χ3n) is 2.59. The van der Waals surface area contributed by atoms with Crippen LogP contribution >= 0.6 is 55.1 Å². The van der Waals surface area contributed by atoms with Crippen LogP contribution in [0, 0.1) is 5.82 Å². The predicted molar refractivity (Wildman–Crippen MR) is 82.3 cm³/mol. The molecule has 2 rings (SSSR count). The van der Waals surface area contributed by atoms with Gasteiger partial charge < -0.3 is 5.11 Å². The summed E-state index contributed by atoms with van der Waals surface area (Å²) in [5.74, 6) is -0.536. The van der Waals surface area contributed by atoms with E-state index < -0.39 is 11.9 Å². The van der Waals surface area contributed by atoms with Gasteiger partial charge in [-0.2, -0.15) is 0 Å². The maximum Gasteiger partial charge on any atom is 0.130 e. The van der Waals surface area contributed by atoms with E-state index in [1.165, 1.54) is 12.1 Å². The first-order chi connectivity index (χ1) is 8.90. The van der Waals surface area contributed by atoms with Crippen molar-refractivity contribution in [2.75, 3.05) is 0 Å². The normalized spacial score (nSPS) is 12.5. The maximum absolute atomic E-state index is 13.9. The van der Waals surface area contributed by atoms with Gasteiger partial charge in [0.1, 0.15) is 11.9 Å². The molecule has 100 valence electrons. The minimum Gasteiger partial charge on any atom is -0.384 e. The molecule has 0 spiro atoms. The number of aliphatic hydroxyl groups is 1. The molecule has 6 heteroatoms. The van der Waals surface area contributed by atoms with E-state index in [0.29, 0.717) is 24.6 Å². The SMILES string of the molecule is OC(c1cc(Cl)c(Br)cc1F)c1ccc(Cl)cc1Br. The van der Waals surface area contributed by atoms with E-state index >= 15 is 0 Å². The van der Waals surface area contributed by atoms with Gasteiger partial charge in [0.15, 0.2) is 0 Å². The molecule has 0 aromatic heterocycles. The Bertz CT molecular complexity index is 634. The lowest BCUT2D eigenvalue weighted by Crippen LogP contribution is -2.04. The third-order valence-corrected chi connectivity index (χ3v) is 4.71. The molecule has 1 N–H and O–H groups in total. The van der Waals surface area contributed by atoms with Crippen molar-refractivity contribution in [3.05, 3.63) is 66.3 Å². The molecule has 0 aliphatic carbocycles. The highest BCUT2D eigenvalue weighted by atomic mass is 79.9. The zero-order valence-electron chi connectivity index (χ0n) is 9.30. The van der Waals surface area contributed by atoms with Gasteiger partial charge >= 0.3 is 0 Å². The first-order valence-electron chi connectivity index (χ1n) is 5.17. The summed E-state index contributed by atoms with van der Waals surface area (Å²) in [5, 5.41) is 11.1. The van der Waals surface area contributed by atoms with E-state index in [0.717, 1.165) is 0 Å². The Morgan fingerprint density at radius 1 is 1.00 bits per heavy atom. The van der Waals surface area contributed by atoms with Crippen LogP contribution in [0.5, 0.6) is 0 Å². The minimum absolute atomic E-state index is 0.108. The first-order valence-corrected chi connectivity index (χ1v) is 7.52. The Balaban J connectivity index is 2.49. The molecule has 19 heavy (non-hydrogen) atoms. The summed E-state index contributed by atoms with van der Waals surface area (Å²) in [6.45, 7) is 0. The van der Waals surface area contributed by atoms with E-state index in [1.54, 1.807) is 18.2 Å². The molecule has 0 heterocycles. The second kappa shape index (κ2) is 6.10. The highest BCUT2D eigenvalue weighted by Gasteiger charge is 2.19. The highest BCUT2D eigenvalue weighted by Crippen LogP contribution is 2.35. The fraction of sp³-hybridized carbons (Fsp3) is 0.0769. The summed E-state index contributed by atoms with van der Waals surface area (Å²) >= 11 is 18.2. The number of hydrogen-bond acceptors (Lipinski definition) is 1. The molecule has 1 atom stereocenters. The molecule has 1 unspecified atom stereocenters. The Morgan fingerprint density at radius 3 is 2.32 bits per heavy atom. The second-order valence-electron chi connectivity index (χ2n) is 3.86. The summed E-state index contributed by atoms with van der Waals surface area (Å²) in [7, 11) is 0. The van der Waals surface area contributed by atoms with Crippen LogP contribution in [0.15, 0.2) is 39.3 Å². The smallest absolute Gasteiger partial charge is 0.130 e. The standard InChI is InChI=1S/C13H7Br2Cl2FO/c14-9-3-6(16)1-2-7(9)13(19)8-4-11(17)10(15)5-12(8)18/h1-5,13,19H. The number of halogens is 5. The lowest BCUT2D eigenvalue weighted by Gasteiger charge is -2.15. The summed E-state index contributed by atoms with van der Waals surface area (Å²) in [4.78, 5) is 0. The fourth-order valence-corrected chi connectivity index (χ4v) is 3.03. The van der Waals surface area contributed by atoms with Crippen LogP contribution in [-0.2, 0) is 0 Å². The molecule has 0 aliphatic rings. The summed E-state index contributed by atoms with van der Waals surface area (Å²) < 4.78 is 14.9. The monoisotopic (exact) mass is 426 g/mol. The fourth-order valence-electron chi connectivity index (χ4n) is 1.64. The first kappa shape index (κ1) is 15.3. The Kier molecular flexibility index (Phi) is 4.90. The van der Waals surface area contributed by atoms with Crippen LogP contribution < -0.4 is 0 Å². The van der Waals surface area contributed by atoms with Gasteiger partial charge in [0.05, 0.1) is 5.02 Å². The zero-order valence-corrected chi connectivity index (χ0v) is 14.0. The Hall–Kier alpha value is -0.130. The summed E-state index contributed by atoms with van der Waals surface area (Å²) in [5.41, 5.74) is 0.623. The molecule has 1 nitrogen and oxygen atoms in total. The molecular weight excluding hydrogens is 422 g/mol. The van der Waals surface area contributed by atoms with E-state index in [1.807, 2.05) is 0 Å². The molecule has 0 saturated heterocycles. The van der Waals surface area contributed by atoms with Crippen molar-refractivity contribution in [3.8, 4) is 0 Å². The summed E-state index contributed by atoms with van der Waals surface area (Å²) in [6.07, 6.45) is -1.13. The van der Waals surface area contributed by atoms with Crippen LogP contribution in [0.2, 0.25) is 10.0 Å². The third kappa shape index (κ3) is 3.31. The van der Waals surface area contributed by atoms with Crippen LogP contribution in [-0.4, -0.2) is 5.11 Å². The maximum atomic E-state index is 13.9. The van der Waals surface area contributed by atoms with Crippen LogP contribution in [0.1, 0.15) is 17.2 Å². The van der Waals surface area contributed by atoms with Crippen LogP contribution in [0.4, 0.5) is 4.39 Å². The van der Waals surface area contributed by atoms with Crippen molar-refractivity contribution < 1.29 is 9.50 Å². The van der Waals surface area contributed by atoms with Gasteiger partial charge in [-0.1, -0.05) is 45.2 Å². The average molecular weight is 429 g/mol. The van der Waals surface area contributed by atoms with E-state index in [9.17, 15) is 9.50 Å². The molecule has 2 aromatic carbocycles. The molecule has 0 fully saturated rings. The van der Waals surface area contributed by atoms with E-state index in [4.69, 9.17) is 23.2 Å². The molecule has 2 aromatic rings. The lowest BCUT2D eigenvalue weighted by molar-refractivity contribution is 0.214. The average Bonchev–Trinajstić information content (AvgIpc) is 2.33. The largest absolute Gasteiger partial charge is 0.384 e. The second-order valence-corrected chi connectivity index (χ2v) is 6.41. The number of aliphatic hydroxyl groups excluding tert-OH is 1. The number of hydrogen-bond donors (Lipinski definition) is 1. The number of rotatable bonds is 2. The molecule has 0 radical (unpaired) electrons. The quantitative estimate of drug-likeness (QED) is 0.605. The van der Waals surface area contributed by atoms with Gasteiger partial charge in [0.2, 0.25) is 0 Å². The topological polar surface area (TPSA) is 20.2 Å². The molecule has 0 bridgehead atoms. The van der Waals surface area contributed by atoms with Crippen molar-refractivity contribution in [1.29, 1.82) is 0 Å². The van der Waals surface area contributed by atoms with Crippen LogP contribution in [0.25, 0.3) is 0 Å².